The molecular formula is C24H25ClN2O4. The number of amides is 1. The Morgan fingerprint density at radius 1 is 1.23 bits per heavy atom. The first-order valence-electron chi connectivity index (χ1n) is 10.3. The fraction of sp³-hybridized carbons (Fsp3) is 0.333. The van der Waals surface area contributed by atoms with Crippen molar-refractivity contribution in [3.63, 3.8) is 0 Å². The molecule has 1 aliphatic heterocycles. The Kier molecular flexibility index (Phi) is 6.47. The highest BCUT2D eigenvalue weighted by Gasteiger charge is 2.32. The standard InChI is InChI=1S/C24H25ClN2O4/c1-29-16-9-10-18(21(14-16)30-2)20-8-5-13-27(20)24(28)12-11-23-26-15-22(31-23)17-6-3-4-7-19(17)25/h3-4,6-7,9-10,14-15,20H,5,8,11-13H2,1-2H3. The van der Waals surface area contributed by atoms with Crippen molar-refractivity contribution < 1.29 is 18.7 Å². The van der Waals surface area contributed by atoms with E-state index in [-0.39, 0.29) is 11.9 Å². The van der Waals surface area contributed by atoms with E-state index in [1.807, 2.05) is 47.4 Å². The number of aryl methyl sites for hydroxylation is 1. The number of carbonyl (C=O) groups excluding carboxylic acids is 1. The molecule has 1 amide bonds. The summed E-state index contributed by atoms with van der Waals surface area (Å²) >= 11 is 6.23. The predicted molar refractivity (Wildman–Crippen MR) is 119 cm³/mol. The van der Waals surface area contributed by atoms with E-state index >= 15 is 0 Å². The zero-order valence-corrected chi connectivity index (χ0v) is 18.4. The van der Waals surface area contributed by atoms with Crippen molar-refractivity contribution in [2.24, 2.45) is 0 Å². The number of nitrogens with zero attached hydrogens (tertiary/aromatic N) is 2. The van der Waals surface area contributed by atoms with Gasteiger partial charge in [0.1, 0.15) is 11.5 Å². The molecule has 3 aromatic rings. The van der Waals surface area contributed by atoms with Gasteiger partial charge in [0.2, 0.25) is 5.91 Å². The highest BCUT2D eigenvalue weighted by atomic mass is 35.5. The van der Waals surface area contributed by atoms with Crippen LogP contribution in [0.3, 0.4) is 0 Å². The lowest BCUT2D eigenvalue weighted by molar-refractivity contribution is -0.132. The summed E-state index contributed by atoms with van der Waals surface area (Å²) in [4.78, 5) is 19.3. The quantitative estimate of drug-likeness (QED) is 0.498. The number of ether oxygens (including phenoxy) is 2. The van der Waals surface area contributed by atoms with Crippen molar-refractivity contribution in [1.29, 1.82) is 0 Å². The molecule has 0 spiro atoms. The zero-order valence-electron chi connectivity index (χ0n) is 17.6. The average molecular weight is 441 g/mol. The van der Waals surface area contributed by atoms with Gasteiger partial charge in [0.05, 0.1) is 31.5 Å². The normalized spacial score (nSPS) is 15.8. The van der Waals surface area contributed by atoms with Gasteiger partial charge in [-0.15, -0.1) is 0 Å². The number of oxazole rings is 1. The molecule has 7 heteroatoms. The lowest BCUT2D eigenvalue weighted by Crippen LogP contribution is -2.31. The van der Waals surface area contributed by atoms with Crippen molar-refractivity contribution in [3.05, 3.63) is 65.1 Å². The fourth-order valence-corrected chi connectivity index (χ4v) is 4.28. The first-order valence-corrected chi connectivity index (χ1v) is 10.7. The number of rotatable bonds is 7. The SMILES string of the molecule is COc1ccc(C2CCCN2C(=O)CCc2ncc(-c3ccccc3Cl)o2)c(OC)c1. The molecule has 162 valence electrons. The molecule has 2 heterocycles. The van der Waals surface area contributed by atoms with Crippen molar-refractivity contribution in [3.8, 4) is 22.8 Å². The Morgan fingerprint density at radius 2 is 2.06 bits per heavy atom. The molecule has 0 radical (unpaired) electrons. The summed E-state index contributed by atoms with van der Waals surface area (Å²) in [6.45, 7) is 0.731. The molecule has 0 bridgehead atoms. The summed E-state index contributed by atoms with van der Waals surface area (Å²) in [5.41, 5.74) is 1.80. The molecule has 1 fully saturated rings. The van der Waals surface area contributed by atoms with Crippen LogP contribution in [-0.2, 0) is 11.2 Å². The number of likely N-dealkylation sites (tertiary alicyclic amines) is 1. The van der Waals surface area contributed by atoms with Crippen molar-refractivity contribution in [2.75, 3.05) is 20.8 Å². The molecule has 1 aromatic heterocycles. The topological polar surface area (TPSA) is 64.8 Å². The highest BCUT2D eigenvalue weighted by Crippen LogP contribution is 2.39. The van der Waals surface area contributed by atoms with Crippen molar-refractivity contribution >= 4 is 17.5 Å². The lowest BCUT2D eigenvalue weighted by Gasteiger charge is -2.26. The van der Waals surface area contributed by atoms with Gasteiger partial charge in [0, 0.05) is 36.6 Å². The largest absolute Gasteiger partial charge is 0.497 e. The fourth-order valence-electron chi connectivity index (χ4n) is 4.05. The summed E-state index contributed by atoms with van der Waals surface area (Å²) < 4.78 is 16.7. The van der Waals surface area contributed by atoms with Crippen LogP contribution < -0.4 is 9.47 Å². The van der Waals surface area contributed by atoms with Crippen LogP contribution >= 0.6 is 11.6 Å². The van der Waals surface area contributed by atoms with Crippen LogP contribution in [-0.4, -0.2) is 36.6 Å². The molecule has 31 heavy (non-hydrogen) atoms. The summed E-state index contributed by atoms with van der Waals surface area (Å²) in [5, 5.41) is 0.606. The molecule has 0 aliphatic carbocycles. The van der Waals surface area contributed by atoms with Crippen molar-refractivity contribution in [1.82, 2.24) is 9.88 Å². The number of hydrogen-bond acceptors (Lipinski definition) is 5. The predicted octanol–water partition coefficient (Wildman–Crippen LogP) is 5.31. The van der Waals surface area contributed by atoms with Crippen LogP contribution in [0.5, 0.6) is 11.5 Å². The number of aromatic nitrogens is 1. The van der Waals surface area contributed by atoms with E-state index in [4.69, 9.17) is 25.5 Å². The van der Waals surface area contributed by atoms with Gasteiger partial charge in [-0.1, -0.05) is 23.7 Å². The van der Waals surface area contributed by atoms with E-state index in [2.05, 4.69) is 4.98 Å². The van der Waals surface area contributed by atoms with Gasteiger partial charge in [0.15, 0.2) is 11.7 Å². The van der Waals surface area contributed by atoms with Gasteiger partial charge in [0.25, 0.3) is 0 Å². The van der Waals surface area contributed by atoms with Gasteiger partial charge in [-0.05, 0) is 37.1 Å². The molecule has 1 aliphatic rings. The number of halogens is 1. The second-order valence-corrected chi connectivity index (χ2v) is 7.86. The Morgan fingerprint density at radius 3 is 2.84 bits per heavy atom. The molecule has 0 saturated carbocycles. The molecule has 2 aromatic carbocycles. The minimum Gasteiger partial charge on any atom is -0.497 e. The molecule has 1 unspecified atom stereocenters. The number of carbonyl (C=O) groups is 1. The maximum atomic E-state index is 13.0. The van der Waals surface area contributed by atoms with E-state index in [1.54, 1.807) is 20.4 Å². The van der Waals surface area contributed by atoms with E-state index in [9.17, 15) is 4.79 Å². The Balaban J connectivity index is 1.44. The van der Waals surface area contributed by atoms with Gasteiger partial charge in [-0.3, -0.25) is 4.79 Å². The smallest absolute Gasteiger partial charge is 0.223 e. The third-order valence-electron chi connectivity index (χ3n) is 5.62. The monoisotopic (exact) mass is 440 g/mol. The second-order valence-electron chi connectivity index (χ2n) is 7.45. The van der Waals surface area contributed by atoms with Gasteiger partial charge >= 0.3 is 0 Å². The van der Waals surface area contributed by atoms with E-state index in [0.717, 1.165) is 42.0 Å². The molecule has 0 N–H and O–H groups in total. The Bertz CT molecular complexity index is 1070. The van der Waals surface area contributed by atoms with Crippen molar-refractivity contribution in [2.45, 2.75) is 31.7 Å². The number of benzene rings is 2. The zero-order chi connectivity index (χ0) is 21.8. The van der Waals surface area contributed by atoms with E-state index in [0.29, 0.717) is 29.5 Å². The van der Waals surface area contributed by atoms with E-state index < -0.39 is 0 Å². The minimum absolute atomic E-state index is 0.00315. The Labute approximate surface area is 186 Å². The van der Waals surface area contributed by atoms with Gasteiger partial charge in [-0.2, -0.15) is 0 Å². The van der Waals surface area contributed by atoms with Crippen LogP contribution in [0, 0.1) is 0 Å². The maximum absolute atomic E-state index is 13.0. The number of methoxy groups -OCH3 is 2. The first kappa shape index (κ1) is 21.2. The third-order valence-corrected chi connectivity index (χ3v) is 5.95. The minimum atomic E-state index is -0.00315. The van der Waals surface area contributed by atoms with Crippen LogP contribution in [0.4, 0.5) is 0 Å². The maximum Gasteiger partial charge on any atom is 0.223 e. The lowest BCUT2D eigenvalue weighted by atomic mass is 10.0. The summed E-state index contributed by atoms with van der Waals surface area (Å²) in [7, 11) is 3.26. The third kappa shape index (κ3) is 4.54. The first-order chi connectivity index (χ1) is 15.1. The van der Waals surface area contributed by atoms with Gasteiger partial charge < -0.3 is 18.8 Å². The highest BCUT2D eigenvalue weighted by molar-refractivity contribution is 6.33. The Hall–Kier alpha value is -2.99. The van der Waals surface area contributed by atoms with E-state index in [1.165, 1.54) is 0 Å². The summed E-state index contributed by atoms with van der Waals surface area (Å²) in [6, 6.07) is 13.2. The van der Waals surface area contributed by atoms with Crippen LogP contribution in [0.1, 0.15) is 36.8 Å². The van der Waals surface area contributed by atoms with Crippen LogP contribution in [0.15, 0.2) is 53.1 Å². The summed E-state index contributed by atoms with van der Waals surface area (Å²) in [5.74, 6) is 2.69. The molecule has 6 nitrogen and oxygen atoms in total. The van der Waals surface area contributed by atoms with Crippen LogP contribution in [0.2, 0.25) is 5.02 Å². The van der Waals surface area contributed by atoms with Gasteiger partial charge in [-0.25, -0.2) is 4.98 Å². The molecular weight excluding hydrogens is 416 g/mol. The molecule has 1 atom stereocenters. The molecule has 4 rings (SSSR count). The average Bonchev–Trinajstić information content (AvgIpc) is 3.47. The second kappa shape index (κ2) is 9.43. The summed E-state index contributed by atoms with van der Waals surface area (Å²) in [6.07, 6.45) is 4.29. The van der Waals surface area contributed by atoms with Crippen LogP contribution in [0.25, 0.3) is 11.3 Å². The number of hydrogen-bond donors (Lipinski definition) is 0. The molecule has 1 saturated heterocycles.